The highest BCUT2D eigenvalue weighted by molar-refractivity contribution is 5.94. The first-order valence-electron chi connectivity index (χ1n) is 7.86. The zero-order valence-corrected chi connectivity index (χ0v) is 13.4. The number of aliphatic hydroxyl groups is 1. The van der Waals surface area contributed by atoms with Gasteiger partial charge in [0.2, 0.25) is 0 Å². The predicted molar refractivity (Wildman–Crippen MR) is 87.1 cm³/mol. The van der Waals surface area contributed by atoms with Crippen molar-refractivity contribution in [2.75, 3.05) is 26.3 Å². The standard InChI is InChI=1S/C18H25NO3/c1-14(2)8-10-22-17-7-3-6-16(11-17)18(21)19-9-4-5-15(12-19)13-20/h3,6-8,11,15,20H,4-5,9-10,12-13H2,1-2H3. The molecular formula is C18H25NO3. The lowest BCUT2D eigenvalue weighted by atomic mass is 9.98. The number of carbonyl (C=O) groups is 1. The molecule has 4 nitrogen and oxygen atoms in total. The second kappa shape index (κ2) is 7.99. The summed E-state index contributed by atoms with van der Waals surface area (Å²) in [5.74, 6) is 0.930. The molecule has 1 aliphatic rings. The number of nitrogens with zero attached hydrogens (tertiary/aromatic N) is 1. The van der Waals surface area contributed by atoms with Gasteiger partial charge in [-0.25, -0.2) is 0 Å². The van der Waals surface area contributed by atoms with Crippen LogP contribution < -0.4 is 4.74 Å². The number of allylic oxidation sites excluding steroid dienone is 1. The number of hydrogen-bond donors (Lipinski definition) is 1. The van der Waals surface area contributed by atoms with E-state index in [4.69, 9.17) is 4.74 Å². The van der Waals surface area contributed by atoms with E-state index in [9.17, 15) is 9.90 Å². The molecule has 0 aliphatic carbocycles. The summed E-state index contributed by atoms with van der Waals surface area (Å²) in [5, 5.41) is 9.28. The number of aliphatic hydroxyl groups excluding tert-OH is 1. The fourth-order valence-corrected chi connectivity index (χ4v) is 2.60. The van der Waals surface area contributed by atoms with Gasteiger partial charge in [0.1, 0.15) is 12.4 Å². The van der Waals surface area contributed by atoms with Crippen LogP contribution >= 0.6 is 0 Å². The Morgan fingerprint density at radius 1 is 1.45 bits per heavy atom. The van der Waals surface area contributed by atoms with Crippen molar-refractivity contribution < 1.29 is 14.6 Å². The number of likely N-dealkylation sites (tertiary alicyclic amines) is 1. The zero-order valence-electron chi connectivity index (χ0n) is 13.4. The van der Waals surface area contributed by atoms with E-state index >= 15 is 0 Å². The summed E-state index contributed by atoms with van der Waals surface area (Å²) >= 11 is 0. The van der Waals surface area contributed by atoms with Crippen LogP contribution in [0.15, 0.2) is 35.9 Å². The van der Waals surface area contributed by atoms with Gasteiger partial charge in [0, 0.05) is 25.3 Å². The van der Waals surface area contributed by atoms with Crippen LogP contribution in [0.1, 0.15) is 37.0 Å². The van der Waals surface area contributed by atoms with Crippen LogP contribution in [-0.2, 0) is 0 Å². The van der Waals surface area contributed by atoms with Crippen molar-refractivity contribution in [1.29, 1.82) is 0 Å². The van der Waals surface area contributed by atoms with E-state index in [-0.39, 0.29) is 18.4 Å². The lowest BCUT2D eigenvalue weighted by molar-refractivity contribution is 0.0620. The highest BCUT2D eigenvalue weighted by Crippen LogP contribution is 2.20. The maximum atomic E-state index is 12.6. The van der Waals surface area contributed by atoms with Crippen LogP contribution in [0.2, 0.25) is 0 Å². The maximum absolute atomic E-state index is 12.6. The number of amides is 1. The van der Waals surface area contributed by atoms with Gasteiger partial charge in [0.05, 0.1) is 0 Å². The van der Waals surface area contributed by atoms with E-state index in [1.54, 1.807) is 6.07 Å². The van der Waals surface area contributed by atoms with Gasteiger partial charge >= 0.3 is 0 Å². The summed E-state index contributed by atoms with van der Waals surface area (Å²) in [6.07, 6.45) is 3.95. The largest absolute Gasteiger partial charge is 0.490 e. The second-order valence-corrected chi connectivity index (χ2v) is 6.06. The number of rotatable bonds is 5. The minimum Gasteiger partial charge on any atom is -0.490 e. The second-order valence-electron chi connectivity index (χ2n) is 6.06. The third kappa shape index (κ3) is 4.60. The molecule has 0 saturated carbocycles. The molecule has 2 rings (SSSR count). The lowest BCUT2D eigenvalue weighted by Crippen LogP contribution is -2.40. The fraction of sp³-hybridized carbons (Fsp3) is 0.500. The SMILES string of the molecule is CC(C)=CCOc1cccc(C(=O)N2CCCC(CO)C2)c1. The first-order chi connectivity index (χ1) is 10.6. The summed E-state index contributed by atoms with van der Waals surface area (Å²) in [6, 6.07) is 7.32. The Hall–Kier alpha value is -1.81. The number of piperidine rings is 1. The van der Waals surface area contributed by atoms with Crippen molar-refractivity contribution >= 4 is 5.91 Å². The summed E-state index contributed by atoms with van der Waals surface area (Å²) in [5.41, 5.74) is 1.85. The predicted octanol–water partition coefficient (Wildman–Crippen LogP) is 2.88. The average molecular weight is 303 g/mol. The van der Waals surface area contributed by atoms with Crippen molar-refractivity contribution in [2.24, 2.45) is 5.92 Å². The molecule has 1 aromatic rings. The first kappa shape index (κ1) is 16.6. The van der Waals surface area contributed by atoms with Crippen molar-refractivity contribution in [3.8, 4) is 5.75 Å². The highest BCUT2D eigenvalue weighted by atomic mass is 16.5. The minimum atomic E-state index is 0.0193. The molecule has 1 atom stereocenters. The Balaban J connectivity index is 2.02. The van der Waals surface area contributed by atoms with Gasteiger partial charge in [0.15, 0.2) is 0 Å². The maximum Gasteiger partial charge on any atom is 0.253 e. The molecule has 120 valence electrons. The average Bonchev–Trinajstić information content (AvgIpc) is 2.54. The Morgan fingerprint density at radius 2 is 2.27 bits per heavy atom. The molecule has 0 aromatic heterocycles. The normalized spacial score (nSPS) is 18.0. The first-order valence-corrected chi connectivity index (χ1v) is 7.86. The zero-order chi connectivity index (χ0) is 15.9. The van der Waals surface area contributed by atoms with Crippen molar-refractivity contribution in [1.82, 2.24) is 4.90 Å². The van der Waals surface area contributed by atoms with E-state index in [2.05, 4.69) is 0 Å². The number of hydrogen-bond acceptors (Lipinski definition) is 3. The van der Waals surface area contributed by atoms with Crippen molar-refractivity contribution in [3.05, 3.63) is 41.5 Å². The van der Waals surface area contributed by atoms with Gasteiger partial charge in [-0.05, 0) is 56.9 Å². The van der Waals surface area contributed by atoms with Crippen LogP contribution in [-0.4, -0.2) is 42.2 Å². The summed E-state index contributed by atoms with van der Waals surface area (Å²) in [4.78, 5) is 14.4. The Kier molecular flexibility index (Phi) is 6.01. The molecule has 22 heavy (non-hydrogen) atoms. The Labute approximate surface area is 132 Å². The van der Waals surface area contributed by atoms with Crippen LogP contribution in [0.4, 0.5) is 0 Å². The summed E-state index contributed by atoms with van der Waals surface area (Å²) in [6.45, 7) is 6.11. The fourth-order valence-electron chi connectivity index (χ4n) is 2.60. The van der Waals surface area contributed by atoms with Crippen molar-refractivity contribution in [3.63, 3.8) is 0 Å². The highest BCUT2D eigenvalue weighted by Gasteiger charge is 2.24. The van der Waals surface area contributed by atoms with E-state index in [1.807, 2.05) is 43.0 Å². The van der Waals surface area contributed by atoms with Gasteiger partial charge in [-0.2, -0.15) is 0 Å². The lowest BCUT2D eigenvalue weighted by Gasteiger charge is -2.32. The van der Waals surface area contributed by atoms with Gasteiger partial charge in [0.25, 0.3) is 5.91 Å². The Bertz CT molecular complexity index is 535. The number of carbonyl (C=O) groups excluding carboxylic acids is 1. The molecule has 1 amide bonds. The quantitative estimate of drug-likeness (QED) is 0.851. The number of ether oxygens (including phenoxy) is 1. The van der Waals surface area contributed by atoms with E-state index < -0.39 is 0 Å². The van der Waals surface area contributed by atoms with Crippen LogP contribution in [0.5, 0.6) is 5.75 Å². The molecule has 0 bridgehead atoms. The van der Waals surface area contributed by atoms with Crippen molar-refractivity contribution in [2.45, 2.75) is 26.7 Å². The van der Waals surface area contributed by atoms with E-state index in [0.29, 0.717) is 24.5 Å². The summed E-state index contributed by atoms with van der Waals surface area (Å²) < 4.78 is 5.65. The minimum absolute atomic E-state index is 0.0193. The van der Waals surface area contributed by atoms with Gasteiger partial charge in [-0.3, -0.25) is 4.79 Å². The van der Waals surface area contributed by atoms with Gasteiger partial charge in [-0.15, -0.1) is 0 Å². The van der Waals surface area contributed by atoms with E-state index in [0.717, 1.165) is 19.4 Å². The molecule has 1 N–H and O–H groups in total. The molecule has 1 unspecified atom stereocenters. The van der Waals surface area contributed by atoms with E-state index in [1.165, 1.54) is 5.57 Å². The summed E-state index contributed by atoms with van der Waals surface area (Å²) in [7, 11) is 0. The topological polar surface area (TPSA) is 49.8 Å². The molecule has 0 radical (unpaired) electrons. The molecular weight excluding hydrogens is 278 g/mol. The van der Waals surface area contributed by atoms with Crippen LogP contribution in [0.3, 0.4) is 0 Å². The third-order valence-electron chi connectivity index (χ3n) is 3.89. The molecule has 4 heteroatoms. The monoisotopic (exact) mass is 303 g/mol. The molecule has 1 fully saturated rings. The van der Waals surface area contributed by atoms with Gasteiger partial charge < -0.3 is 14.7 Å². The molecule has 1 heterocycles. The molecule has 1 aromatic carbocycles. The van der Waals surface area contributed by atoms with Crippen LogP contribution in [0.25, 0.3) is 0 Å². The third-order valence-corrected chi connectivity index (χ3v) is 3.89. The van der Waals surface area contributed by atoms with Crippen LogP contribution in [0, 0.1) is 5.92 Å². The smallest absolute Gasteiger partial charge is 0.253 e. The Morgan fingerprint density at radius 3 is 3.00 bits per heavy atom. The number of benzene rings is 1. The molecule has 1 saturated heterocycles. The molecule has 1 aliphatic heterocycles. The molecule has 0 spiro atoms. The van der Waals surface area contributed by atoms with Gasteiger partial charge in [-0.1, -0.05) is 11.6 Å².